The summed E-state index contributed by atoms with van der Waals surface area (Å²) in [6.45, 7) is 11.2. The Hall–Kier alpha value is -1.70. The first kappa shape index (κ1) is 17.7. The second-order valence-electron chi connectivity index (χ2n) is 7.24. The molecule has 0 fully saturated rings. The van der Waals surface area contributed by atoms with Gasteiger partial charge in [0.25, 0.3) is 0 Å². The van der Waals surface area contributed by atoms with Gasteiger partial charge in [-0.1, -0.05) is 40.7 Å². The Morgan fingerprint density at radius 3 is 2.39 bits per heavy atom. The first-order valence-corrected chi connectivity index (χ1v) is 8.87. The average molecular weight is 310 g/mol. The maximum atomic E-state index is 4.47. The lowest BCUT2D eigenvalue weighted by molar-refractivity contribution is 0.629. The highest BCUT2D eigenvalue weighted by molar-refractivity contribution is 5.23. The van der Waals surface area contributed by atoms with Crippen LogP contribution in [0.3, 0.4) is 0 Å². The van der Waals surface area contributed by atoms with Crippen LogP contribution < -0.4 is 0 Å². The first-order valence-electron chi connectivity index (χ1n) is 8.87. The van der Waals surface area contributed by atoms with Crippen LogP contribution in [0.2, 0.25) is 0 Å². The topological polar surface area (TPSA) is 25.8 Å². The highest BCUT2D eigenvalue weighted by Crippen LogP contribution is 2.24. The summed E-state index contributed by atoms with van der Waals surface area (Å²) >= 11 is 0. The van der Waals surface area contributed by atoms with Gasteiger partial charge in [0.15, 0.2) is 0 Å². The van der Waals surface area contributed by atoms with Crippen molar-refractivity contribution in [1.82, 2.24) is 9.97 Å². The minimum absolute atomic E-state index is 0.493. The second-order valence-corrected chi connectivity index (χ2v) is 7.24. The van der Waals surface area contributed by atoms with Crippen LogP contribution >= 0.6 is 0 Å². The maximum Gasteiger partial charge on any atom is 0.0431 e. The molecule has 2 heterocycles. The van der Waals surface area contributed by atoms with Crippen molar-refractivity contribution in [3.8, 4) is 0 Å². The Balaban J connectivity index is 1.91. The Bertz CT molecular complexity index is 617. The Morgan fingerprint density at radius 2 is 1.70 bits per heavy atom. The van der Waals surface area contributed by atoms with Crippen molar-refractivity contribution in [3.05, 3.63) is 59.2 Å². The highest BCUT2D eigenvalue weighted by Gasteiger charge is 2.09. The van der Waals surface area contributed by atoms with Crippen molar-refractivity contribution in [2.75, 3.05) is 0 Å². The normalized spacial score (nSPS) is 12.8. The van der Waals surface area contributed by atoms with Gasteiger partial charge < -0.3 is 0 Å². The third-order valence-electron chi connectivity index (χ3n) is 4.55. The molecular formula is C21H30N2. The standard InChI is InChI=1S/C21H30N2/c1-15(2)20-11-18(13-22-14-20)8-6-7-17(5)19-9-10-23-21(12-19)16(3)4/h9-17H,6-8H2,1-5H3. The number of hydrogen-bond acceptors (Lipinski definition) is 2. The molecule has 1 atom stereocenters. The predicted octanol–water partition coefficient (Wildman–Crippen LogP) is 5.85. The molecule has 0 amide bonds. The summed E-state index contributed by atoms with van der Waals surface area (Å²) in [7, 11) is 0. The van der Waals surface area contributed by atoms with Gasteiger partial charge in [-0.05, 0) is 65.8 Å². The molecule has 0 bridgehead atoms. The van der Waals surface area contributed by atoms with Crippen LogP contribution in [0, 0.1) is 0 Å². The van der Waals surface area contributed by atoms with Gasteiger partial charge in [0.1, 0.15) is 0 Å². The van der Waals surface area contributed by atoms with Crippen LogP contribution in [-0.2, 0) is 6.42 Å². The van der Waals surface area contributed by atoms with Crippen LogP contribution in [0.5, 0.6) is 0 Å². The van der Waals surface area contributed by atoms with Crippen LogP contribution in [0.4, 0.5) is 0 Å². The highest BCUT2D eigenvalue weighted by atomic mass is 14.7. The van der Waals surface area contributed by atoms with E-state index >= 15 is 0 Å². The van der Waals surface area contributed by atoms with E-state index in [1.807, 2.05) is 18.6 Å². The molecule has 124 valence electrons. The number of nitrogens with zero attached hydrogens (tertiary/aromatic N) is 2. The third kappa shape index (κ3) is 5.16. The first-order chi connectivity index (χ1) is 11.0. The molecule has 0 radical (unpaired) electrons. The molecule has 0 N–H and O–H groups in total. The molecule has 2 aromatic rings. The number of aryl methyl sites for hydroxylation is 1. The van der Waals surface area contributed by atoms with Crippen LogP contribution in [-0.4, -0.2) is 9.97 Å². The molecule has 0 aliphatic heterocycles. The van der Waals surface area contributed by atoms with E-state index < -0.39 is 0 Å². The molecule has 0 aromatic carbocycles. The summed E-state index contributed by atoms with van der Waals surface area (Å²) in [5.74, 6) is 1.62. The van der Waals surface area contributed by atoms with Crippen LogP contribution in [0.1, 0.15) is 87.6 Å². The summed E-state index contributed by atoms with van der Waals surface area (Å²) in [6, 6.07) is 6.75. The van der Waals surface area contributed by atoms with E-state index in [2.05, 4.69) is 62.8 Å². The fraction of sp³-hybridized carbons (Fsp3) is 0.524. The van der Waals surface area contributed by atoms with E-state index in [1.54, 1.807) is 0 Å². The number of hydrogen-bond donors (Lipinski definition) is 0. The van der Waals surface area contributed by atoms with Crippen molar-refractivity contribution in [2.24, 2.45) is 0 Å². The molecule has 2 nitrogen and oxygen atoms in total. The number of aromatic nitrogens is 2. The van der Waals surface area contributed by atoms with Gasteiger partial charge >= 0.3 is 0 Å². The van der Waals surface area contributed by atoms with Gasteiger partial charge in [-0.2, -0.15) is 0 Å². The summed E-state index contributed by atoms with van der Waals surface area (Å²) in [6.07, 6.45) is 9.47. The molecule has 0 spiro atoms. The third-order valence-corrected chi connectivity index (χ3v) is 4.55. The van der Waals surface area contributed by atoms with Crippen LogP contribution in [0.15, 0.2) is 36.8 Å². The lowest BCUT2D eigenvalue weighted by atomic mass is 9.93. The molecule has 0 saturated carbocycles. The van der Waals surface area contributed by atoms with Crippen molar-refractivity contribution < 1.29 is 0 Å². The van der Waals surface area contributed by atoms with E-state index in [9.17, 15) is 0 Å². The molecule has 0 aliphatic rings. The van der Waals surface area contributed by atoms with Crippen molar-refractivity contribution >= 4 is 0 Å². The molecule has 0 saturated heterocycles. The summed E-state index contributed by atoms with van der Waals surface area (Å²) in [4.78, 5) is 8.85. The number of rotatable bonds is 7. The lowest BCUT2D eigenvalue weighted by Crippen LogP contribution is -2.00. The molecule has 2 heteroatoms. The zero-order valence-corrected chi connectivity index (χ0v) is 15.2. The Kier molecular flexibility index (Phi) is 6.32. The quantitative estimate of drug-likeness (QED) is 0.641. The Morgan fingerprint density at radius 1 is 0.913 bits per heavy atom. The molecule has 1 unspecified atom stereocenters. The van der Waals surface area contributed by atoms with E-state index in [1.165, 1.54) is 35.2 Å². The molecule has 2 aromatic heterocycles. The minimum atomic E-state index is 0.493. The van der Waals surface area contributed by atoms with E-state index in [0.29, 0.717) is 17.8 Å². The fourth-order valence-corrected chi connectivity index (χ4v) is 2.83. The summed E-state index contributed by atoms with van der Waals surface area (Å²) in [5, 5.41) is 0. The van der Waals surface area contributed by atoms with Crippen molar-refractivity contribution in [2.45, 2.75) is 71.6 Å². The average Bonchev–Trinajstić information content (AvgIpc) is 2.55. The van der Waals surface area contributed by atoms with Gasteiger partial charge in [-0.25, -0.2) is 0 Å². The van der Waals surface area contributed by atoms with E-state index in [4.69, 9.17) is 0 Å². The van der Waals surface area contributed by atoms with Gasteiger partial charge in [-0.3, -0.25) is 9.97 Å². The molecular weight excluding hydrogens is 280 g/mol. The number of pyridine rings is 2. The largest absolute Gasteiger partial charge is 0.264 e. The summed E-state index contributed by atoms with van der Waals surface area (Å²) in [5.41, 5.74) is 5.31. The monoisotopic (exact) mass is 310 g/mol. The second kappa shape index (κ2) is 8.24. The molecule has 0 aliphatic carbocycles. The lowest BCUT2D eigenvalue weighted by Gasteiger charge is -2.14. The summed E-state index contributed by atoms with van der Waals surface area (Å²) < 4.78 is 0. The van der Waals surface area contributed by atoms with E-state index in [0.717, 1.165) is 6.42 Å². The zero-order chi connectivity index (χ0) is 16.8. The molecule has 2 rings (SSSR count). The Labute approximate surface area is 141 Å². The van der Waals surface area contributed by atoms with Crippen molar-refractivity contribution in [1.29, 1.82) is 0 Å². The molecule has 23 heavy (non-hydrogen) atoms. The van der Waals surface area contributed by atoms with Gasteiger partial charge in [0.05, 0.1) is 0 Å². The van der Waals surface area contributed by atoms with E-state index in [-0.39, 0.29) is 0 Å². The minimum Gasteiger partial charge on any atom is -0.264 e. The maximum absolute atomic E-state index is 4.47. The fourth-order valence-electron chi connectivity index (χ4n) is 2.83. The van der Waals surface area contributed by atoms with Gasteiger partial charge in [-0.15, -0.1) is 0 Å². The smallest absolute Gasteiger partial charge is 0.0431 e. The predicted molar refractivity (Wildman–Crippen MR) is 98.0 cm³/mol. The van der Waals surface area contributed by atoms with Crippen molar-refractivity contribution in [3.63, 3.8) is 0 Å². The SMILES string of the molecule is CC(C)c1cncc(CCCC(C)c2ccnc(C(C)C)c2)c1. The zero-order valence-electron chi connectivity index (χ0n) is 15.2. The van der Waals surface area contributed by atoms with Gasteiger partial charge in [0.2, 0.25) is 0 Å². The van der Waals surface area contributed by atoms with Gasteiger partial charge in [0, 0.05) is 24.3 Å². The van der Waals surface area contributed by atoms with Crippen LogP contribution in [0.25, 0.3) is 0 Å².